The molecular formula is C18H19FO3. The van der Waals surface area contributed by atoms with Gasteiger partial charge in [0.1, 0.15) is 30.5 Å². The maximum absolute atomic E-state index is 13.2. The van der Waals surface area contributed by atoms with Gasteiger partial charge in [-0.1, -0.05) is 19.1 Å². The molecule has 3 nitrogen and oxygen atoms in total. The van der Waals surface area contributed by atoms with Crippen LogP contribution in [0.3, 0.4) is 0 Å². The van der Waals surface area contributed by atoms with E-state index in [1.165, 1.54) is 30.7 Å². The summed E-state index contributed by atoms with van der Waals surface area (Å²) in [5.74, 6) is 0.477. The van der Waals surface area contributed by atoms with Gasteiger partial charge in [-0.25, -0.2) is 4.39 Å². The summed E-state index contributed by atoms with van der Waals surface area (Å²) < 4.78 is 24.3. The molecule has 0 aliphatic rings. The second-order valence-electron chi connectivity index (χ2n) is 4.89. The number of hydrogen-bond acceptors (Lipinski definition) is 3. The highest BCUT2D eigenvalue weighted by molar-refractivity contribution is 5.96. The van der Waals surface area contributed by atoms with Crippen molar-refractivity contribution in [3.05, 3.63) is 59.4 Å². The lowest BCUT2D eigenvalue weighted by Gasteiger charge is -2.11. The van der Waals surface area contributed by atoms with Crippen molar-refractivity contribution in [2.75, 3.05) is 13.2 Å². The highest BCUT2D eigenvalue weighted by atomic mass is 19.1. The van der Waals surface area contributed by atoms with Crippen molar-refractivity contribution in [2.24, 2.45) is 0 Å². The van der Waals surface area contributed by atoms with Crippen molar-refractivity contribution in [1.82, 2.24) is 0 Å². The van der Waals surface area contributed by atoms with Gasteiger partial charge in [0.2, 0.25) is 0 Å². The zero-order valence-corrected chi connectivity index (χ0v) is 12.8. The number of halogens is 1. The molecule has 0 fully saturated rings. The Morgan fingerprint density at radius 2 is 1.86 bits per heavy atom. The van der Waals surface area contributed by atoms with E-state index in [4.69, 9.17) is 9.47 Å². The number of rotatable bonds is 7. The first-order valence-corrected chi connectivity index (χ1v) is 7.25. The fourth-order valence-corrected chi connectivity index (χ4v) is 2.07. The Bertz CT molecular complexity index is 653. The summed E-state index contributed by atoms with van der Waals surface area (Å²) in [6, 6.07) is 11.8. The van der Waals surface area contributed by atoms with Crippen LogP contribution in [0.1, 0.15) is 29.8 Å². The molecule has 2 aromatic rings. The molecule has 0 amide bonds. The Labute approximate surface area is 129 Å². The van der Waals surface area contributed by atoms with Crippen LogP contribution in [0.15, 0.2) is 42.5 Å². The van der Waals surface area contributed by atoms with Gasteiger partial charge in [-0.2, -0.15) is 0 Å². The molecule has 116 valence electrons. The molecule has 4 heteroatoms. The van der Waals surface area contributed by atoms with E-state index < -0.39 is 5.82 Å². The van der Waals surface area contributed by atoms with E-state index in [2.05, 4.69) is 6.92 Å². The van der Waals surface area contributed by atoms with Crippen LogP contribution in [0.25, 0.3) is 0 Å². The Morgan fingerprint density at radius 1 is 1.09 bits per heavy atom. The number of Topliss-reactive ketones (excluding diaryl/α,β-unsaturated/α-hetero) is 1. The van der Waals surface area contributed by atoms with Crippen molar-refractivity contribution in [3.8, 4) is 11.5 Å². The van der Waals surface area contributed by atoms with Gasteiger partial charge in [-0.15, -0.1) is 0 Å². The second-order valence-corrected chi connectivity index (χ2v) is 4.89. The molecule has 0 atom stereocenters. The number of carbonyl (C=O) groups excluding carboxylic acids is 1. The van der Waals surface area contributed by atoms with Crippen molar-refractivity contribution in [1.29, 1.82) is 0 Å². The topological polar surface area (TPSA) is 35.5 Å². The standard InChI is InChI=1S/C18H19FO3/c1-3-14-5-4-6-16(11-14)21-9-10-22-18-8-7-15(19)12-17(18)13(2)20/h4-8,11-12H,3,9-10H2,1-2H3. The summed E-state index contributed by atoms with van der Waals surface area (Å²) in [7, 11) is 0. The summed E-state index contributed by atoms with van der Waals surface area (Å²) in [5, 5.41) is 0. The summed E-state index contributed by atoms with van der Waals surface area (Å²) in [5.41, 5.74) is 1.45. The van der Waals surface area contributed by atoms with Crippen LogP contribution in [-0.4, -0.2) is 19.0 Å². The highest BCUT2D eigenvalue weighted by Crippen LogP contribution is 2.20. The minimum Gasteiger partial charge on any atom is -0.490 e. The van der Waals surface area contributed by atoms with Crippen molar-refractivity contribution < 1.29 is 18.7 Å². The minimum atomic E-state index is -0.454. The monoisotopic (exact) mass is 302 g/mol. The summed E-state index contributed by atoms with van der Waals surface area (Å²) in [4.78, 5) is 11.5. The fraction of sp³-hybridized carbons (Fsp3) is 0.278. The zero-order chi connectivity index (χ0) is 15.9. The second kappa shape index (κ2) is 7.59. The largest absolute Gasteiger partial charge is 0.490 e. The van der Waals surface area contributed by atoms with Crippen molar-refractivity contribution in [2.45, 2.75) is 20.3 Å². The molecule has 0 spiro atoms. The Morgan fingerprint density at radius 3 is 2.59 bits per heavy atom. The quantitative estimate of drug-likeness (QED) is 0.572. The van der Waals surface area contributed by atoms with Crippen LogP contribution in [-0.2, 0) is 6.42 Å². The third-order valence-corrected chi connectivity index (χ3v) is 3.24. The SMILES string of the molecule is CCc1cccc(OCCOc2ccc(F)cc2C(C)=O)c1. The number of hydrogen-bond donors (Lipinski definition) is 0. The van der Waals surface area contributed by atoms with Gasteiger partial charge in [0.25, 0.3) is 0 Å². The van der Waals surface area contributed by atoms with Crippen LogP contribution in [0.5, 0.6) is 11.5 Å². The first-order chi connectivity index (χ1) is 10.6. The average Bonchev–Trinajstić information content (AvgIpc) is 2.52. The molecule has 2 aromatic carbocycles. The van der Waals surface area contributed by atoms with E-state index in [0.717, 1.165) is 12.2 Å². The number of ether oxygens (including phenoxy) is 2. The molecule has 0 aliphatic heterocycles. The maximum Gasteiger partial charge on any atom is 0.163 e. The lowest BCUT2D eigenvalue weighted by atomic mass is 10.1. The summed E-state index contributed by atoms with van der Waals surface area (Å²) >= 11 is 0. The maximum atomic E-state index is 13.2. The highest BCUT2D eigenvalue weighted by Gasteiger charge is 2.09. The van der Waals surface area contributed by atoms with Gasteiger partial charge in [-0.3, -0.25) is 4.79 Å². The molecule has 0 aliphatic carbocycles. The van der Waals surface area contributed by atoms with Crippen LogP contribution in [0.4, 0.5) is 4.39 Å². The van der Waals surface area contributed by atoms with E-state index in [9.17, 15) is 9.18 Å². The molecule has 0 bridgehead atoms. The molecule has 0 N–H and O–H groups in total. The van der Waals surface area contributed by atoms with E-state index in [0.29, 0.717) is 12.4 Å². The number of aryl methyl sites for hydroxylation is 1. The fourth-order valence-electron chi connectivity index (χ4n) is 2.07. The Kier molecular flexibility index (Phi) is 5.53. The lowest BCUT2D eigenvalue weighted by Crippen LogP contribution is -2.11. The van der Waals surface area contributed by atoms with Gasteiger partial charge in [0.05, 0.1) is 5.56 Å². The minimum absolute atomic E-state index is 0.230. The first-order valence-electron chi connectivity index (χ1n) is 7.25. The molecule has 0 heterocycles. The smallest absolute Gasteiger partial charge is 0.163 e. The predicted octanol–water partition coefficient (Wildman–Crippen LogP) is 4.05. The third-order valence-electron chi connectivity index (χ3n) is 3.24. The molecule has 0 aromatic heterocycles. The summed E-state index contributed by atoms with van der Waals surface area (Å²) in [6.07, 6.45) is 0.950. The molecule has 0 radical (unpaired) electrons. The normalized spacial score (nSPS) is 10.3. The van der Waals surface area contributed by atoms with Gasteiger partial charge in [0.15, 0.2) is 5.78 Å². The molecule has 0 saturated heterocycles. The summed E-state index contributed by atoms with van der Waals surface area (Å²) in [6.45, 7) is 4.10. The van der Waals surface area contributed by atoms with Crippen LogP contribution in [0.2, 0.25) is 0 Å². The Hall–Kier alpha value is -2.36. The molecule has 2 rings (SSSR count). The van der Waals surface area contributed by atoms with Crippen LogP contribution < -0.4 is 9.47 Å². The molecule has 22 heavy (non-hydrogen) atoms. The molecule has 0 saturated carbocycles. The predicted molar refractivity (Wildman–Crippen MR) is 83.2 cm³/mol. The van der Waals surface area contributed by atoms with Crippen molar-refractivity contribution >= 4 is 5.78 Å². The number of ketones is 1. The van der Waals surface area contributed by atoms with Gasteiger partial charge in [-0.05, 0) is 49.2 Å². The van der Waals surface area contributed by atoms with Gasteiger partial charge in [0, 0.05) is 0 Å². The van der Waals surface area contributed by atoms with E-state index in [1.807, 2.05) is 24.3 Å². The zero-order valence-electron chi connectivity index (χ0n) is 12.8. The van der Waals surface area contributed by atoms with E-state index in [-0.39, 0.29) is 18.0 Å². The van der Waals surface area contributed by atoms with Crippen molar-refractivity contribution in [3.63, 3.8) is 0 Å². The molecular weight excluding hydrogens is 283 g/mol. The van der Waals surface area contributed by atoms with Gasteiger partial charge >= 0.3 is 0 Å². The average molecular weight is 302 g/mol. The Balaban J connectivity index is 1.90. The van der Waals surface area contributed by atoms with E-state index in [1.54, 1.807) is 0 Å². The molecule has 0 unspecified atom stereocenters. The van der Waals surface area contributed by atoms with Gasteiger partial charge < -0.3 is 9.47 Å². The first kappa shape index (κ1) is 16.0. The third kappa shape index (κ3) is 4.32. The van der Waals surface area contributed by atoms with Crippen LogP contribution in [0, 0.1) is 5.82 Å². The number of benzene rings is 2. The van der Waals surface area contributed by atoms with E-state index >= 15 is 0 Å². The lowest BCUT2D eigenvalue weighted by molar-refractivity contribution is 0.101. The van der Waals surface area contributed by atoms with Crippen LogP contribution >= 0.6 is 0 Å². The number of carbonyl (C=O) groups is 1.